The van der Waals surface area contributed by atoms with E-state index in [9.17, 15) is 9.59 Å². The lowest BCUT2D eigenvalue weighted by Crippen LogP contribution is -2.17. The van der Waals surface area contributed by atoms with Crippen LogP contribution in [0.4, 0.5) is 5.69 Å². The third-order valence-electron chi connectivity index (χ3n) is 2.81. The van der Waals surface area contributed by atoms with Gasteiger partial charge in [-0.2, -0.15) is 9.50 Å². The third kappa shape index (κ3) is 1.91. The van der Waals surface area contributed by atoms with Gasteiger partial charge in [-0.1, -0.05) is 0 Å². The molecule has 2 aromatic heterocycles. The molecule has 0 aliphatic heterocycles. The zero-order valence-corrected chi connectivity index (χ0v) is 10.5. The first-order chi connectivity index (χ1) is 9.58. The lowest BCUT2D eigenvalue weighted by atomic mass is 10.2. The second-order valence-electron chi connectivity index (χ2n) is 4.30. The van der Waals surface area contributed by atoms with E-state index in [2.05, 4.69) is 20.4 Å². The maximum Gasteiger partial charge on any atom is 0.370 e. The Labute approximate surface area is 112 Å². The van der Waals surface area contributed by atoms with E-state index in [0.29, 0.717) is 22.2 Å². The number of fused-ring (bicyclic) bond motifs is 3. The number of aromatic nitrogens is 4. The van der Waals surface area contributed by atoms with Gasteiger partial charge in [0, 0.05) is 18.0 Å². The molecule has 0 atom stereocenters. The molecule has 102 valence electrons. The van der Waals surface area contributed by atoms with Crippen LogP contribution in [0.3, 0.4) is 0 Å². The molecule has 3 N–H and O–H groups in total. The van der Waals surface area contributed by atoms with Crippen LogP contribution in [0.1, 0.15) is 12.7 Å². The Kier molecular flexibility index (Phi) is 2.72. The molecule has 0 aliphatic carbocycles. The molecular weight excluding hydrogens is 262 g/mol. The SMILES string of the molecule is CC(=O)Nc1ccc2nc(=O)n3nc(CO)[nH]c3c2c1. The molecule has 0 bridgehead atoms. The Morgan fingerprint density at radius 2 is 2.30 bits per heavy atom. The number of nitrogens with one attached hydrogen (secondary N) is 2. The van der Waals surface area contributed by atoms with Gasteiger partial charge in [0.2, 0.25) is 5.91 Å². The minimum Gasteiger partial charge on any atom is -0.388 e. The lowest BCUT2D eigenvalue weighted by molar-refractivity contribution is -0.114. The number of amides is 1. The molecule has 20 heavy (non-hydrogen) atoms. The number of carbonyl (C=O) groups is 1. The van der Waals surface area contributed by atoms with Gasteiger partial charge in [-0.3, -0.25) is 4.79 Å². The third-order valence-corrected chi connectivity index (χ3v) is 2.81. The Morgan fingerprint density at radius 1 is 1.50 bits per heavy atom. The van der Waals surface area contributed by atoms with E-state index in [1.54, 1.807) is 18.2 Å². The van der Waals surface area contributed by atoms with Gasteiger partial charge >= 0.3 is 5.69 Å². The first-order valence-corrected chi connectivity index (χ1v) is 5.88. The van der Waals surface area contributed by atoms with E-state index in [-0.39, 0.29) is 18.3 Å². The van der Waals surface area contributed by atoms with E-state index < -0.39 is 5.69 Å². The smallest absolute Gasteiger partial charge is 0.370 e. The molecule has 8 heteroatoms. The van der Waals surface area contributed by atoms with Crippen LogP contribution < -0.4 is 11.0 Å². The molecule has 3 rings (SSSR count). The summed E-state index contributed by atoms with van der Waals surface area (Å²) in [6, 6.07) is 5.00. The molecule has 0 fully saturated rings. The van der Waals surface area contributed by atoms with E-state index in [4.69, 9.17) is 5.11 Å². The summed E-state index contributed by atoms with van der Waals surface area (Å²) >= 11 is 0. The van der Waals surface area contributed by atoms with Crippen molar-refractivity contribution < 1.29 is 9.90 Å². The van der Waals surface area contributed by atoms with Crippen molar-refractivity contribution in [2.24, 2.45) is 0 Å². The summed E-state index contributed by atoms with van der Waals surface area (Å²) in [6.07, 6.45) is 0. The molecule has 1 aromatic carbocycles. The molecule has 0 unspecified atom stereocenters. The second-order valence-corrected chi connectivity index (χ2v) is 4.30. The van der Waals surface area contributed by atoms with Crippen molar-refractivity contribution >= 4 is 28.1 Å². The van der Waals surface area contributed by atoms with Crippen LogP contribution in [-0.2, 0) is 11.4 Å². The number of nitrogens with zero attached hydrogens (tertiary/aromatic N) is 3. The quantitative estimate of drug-likeness (QED) is 0.609. The molecule has 8 nitrogen and oxygen atoms in total. The molecule has 2 heterocycles. The Morgan fingerprint density at radius 3 is 3.00 bits per heavy atom. The van der Waals surface area contributed by atoms with Crippen LogP contribution >= 0.6 is 0 Å². The molecule has 0 saturated carbocycles. The van der Waals surface area contributed by atoms with E-state index in [1.165, 1.54) is 6.92 Å². The van der Waals surface area contributed by atoms with Gasteiger partial charge in [-0.15, -0.1) is 5.10 Å². The first-order valence-electron chi connectivity index (χ1n) is 5.88. The number of aliphatic hydroxyl groups is 1. The summed E-state index contributed by atoms with van der Waals surface area (Å²) in [5.41, 5.74) is 0.969. The minimum atomic E-state index is -0.532. The van der Waals surface area contributed by atoms with Gasteiger partial charge in [-0.05, 0) is 18.2 Å². The first kappa shape index (κ1) is 12.3. The fourth-order valence-electron chi connectivity index (χ4n) is 2.03. The number of rotatable bonds is 2. The monoisotopic (exact) mass is 273 g/mol. The Hall–Kier alpha value is -2.74. The van der Waals surface area contributed by atoms with E-state index >= 15 is 0 Å². The maximum absolute atomic E-state index is 11.8. The van der Waals surface area contributed by atoms with Crippen molar-refractivity contribution in [1.29, 1.82) is 0 Å². The topological polar surface area (TPSA) is 112 Å². The van der Waals surface area contributed by atoms with Crippen LogP contribution in [0.2, 0.25) is 0 Å². The van der Waals surface area contributed by atoms with Crippen molar-refractivity contribution in [3.63, 3.8) is 0 Å². The number of anilines is 1. The van der Waals surface area contributed by atoms with Crippen molar-refractivity contribution in [2.75, 3.05) is 5.32 Å². The zero-order chi connectivity index (χ0) is 14.3. The summed E-state index contributed by atoms with van der Waals surface area (Å²) in [5.74, 6) is 0.0728. The Bertz CT molecular complexity index is 880. The number of H-pyrrole nitrogens is 1. The predicted octanol–water partition coefficient (Wildman–Crippen LogP) is 0.0215. The number of hydrogen-bond donors (Lipinski definition) is 3. The number of aliphatic hydroxyl groups excluding tert-OH is 1. The highest BCUT2D eigenvalue weighted by atomic mass is 16.3. The predicted molar refractivity (Wildman–Crippen MR) is 71.3 cm³/mol. The molecule has 0 aliphatic rings. The van der Waals surface area contributed by atoms with Gasteiger partial charge in [0.25, 0.3) is 0 Å². The van der Waals surface area contributed by atoms with E-state index in [0.717, 1.165) is 4.52 Å². The number of carbonyl (C=O) groups excluding carboxylic acids is 1. The highest BCUT2D eigenvalue weighted by Crippen LogP contribution is 2.20. The summed E-state index contributed by atoms with van der Waals surface area (Å²) in [6.45, 7) is 1.10. The summed E-state index contributed by atoms with van der Waals surface area (Å²) < 4.78 is 1.09. The van der Waals surface area contributed by atoms with Crippen LogP contribution in [-0.4, -0.2) is 30.6 Å². The van der Waals surface area contributed by atoms with Gasteiger partial charge in [0.05, 0.1) is 5.52 Å². The van der Waals surface area contributed by atoms with Crippen molar-refractivity contribution in [1.82, 2.24) is 19.6 Å². The van der Waals surface area contributed by atoms with Gasteiger partial charge in [-0.25, -0.2) is 4.79 Å². The van der Waals surface area contributed by atoms with Crippen LogP contribution in [0.15, 0.2) is 23.0 Å². The van der Waals surface area contributed by atoms with E-state index in [1.807, 2.05) is 0 Å². The van der Waals surface area contributed by atoms with Crippen LogP contribution in [0.25, 0.3) is 16.6 Å². The number of aromatic amines is 1. The standard InChI is InChI=1S/C12H11N5O3/c1-6(19)13-7-2-3-9-8(4-7)11-15-10(5-18)16-17(11)12(20)14-9/h2-4,18H,5H2,1H3,(H,13,19)(H,15,16). The highest BCUT2D eigenvalue weighted by Gasteiger charge is 2.10. The summed E-state index contributed by atoms with van der Waals surface area (Å²) in [4.78, 5) is 29.6. The largest absolute Gasteiger partial charge is 0.388 e. The molecule has 3 aromatic rings. The van der Waals surface area contributed by atoms with Crippen LogP contribution in [0.5, 0.6) is 0 Å². The van der Waals surface area contributed by atoms with Gasteiger partial charge in [0.15, 0.2) is 5.82 Å². The number of hydrogen-bond acceptors (Lipinski definition) is 5. The zero-order valence-electron chi connectivity index (χ0n) is 10.5. The molecular formula is C12H11N5O3. The average Bonchev–Trinajstić information content (AvgIpc) is 2.84. The van der Waals surface area contributed by atoms with Crippen molar-refractivity contribution in [3.05, 3.63) is 34.5 Å². The summed E-state index contributed by atoms with van der Waals surface area (Å²) in [5, 5.41) is 16.3. The van der Waals surface area contributed by atoms with Gasteiger partial charge < -0.3 is 15.4 Å². The minimum absolute atomic E-state index is 0.192. The number of benzene rings is 1. The molecule has 1 amide bonds. The fourth-order valence-corrected chi connectivity index (χ4v) is 2.03. The highest BCUT2D eigenvalue weighted by molar-refractivity contribution is 5.96. The molecule has 0 radical (unpaired) electrons. The van der Waals surface area contributed by atoms with Crippen molar-refractivity contribution in [3.8, 4) is 0 Å². The van der Waals surface area contributed by atoms with Crippen LogP contribution in [0, 0.1) is 0 Å². The second kappa shape index (κ2) is 4.42. The fraction of sp³-hybridized carbons (Fsp3) is 0.167. The normalized spacial score (nSPS) is 11.1. The van der Waals surface area contributed by atoms with Crippen molar-refractivity contribution in [2.45, 2.75) is 13.5 Å². The summed E-state index contributed by atoms with van der Waals surface area (Å²) in [7, 11) is 0. The Balaban J connectivity index is 2.33. The molecule has 0 saturated heterocycles. The lowest BCUT2D eigenvalue weighted by Gasteiger charge is -2.04. The maximum atomic E-state index is 11.8. The average molecular weight is 273 g/mol. The molecule has 0 spiro atoms. The van der Waals surface area contributed by atoms with Gasteiger partial charge in [0.1, 0.15) is 12.3 Å².